The Morgan fingerprint density at radius 2 is 1.94 bits per heavy atom. The van der Waals surface area contributed by atoms with E-state index >= 15 is 0 Å². The predicted octanol–water partition coefficient (Wildman–Crippen LogP) is 1.12. The number of rotatable bonds is 5. The van der Waals surface area contributed by atoms with Crippen LogP contribution < -0.4 is 5.32 Å². The van der Waals surface area contributed by atoms with Gasteiger partial charge in [-0.2, -0.15) is 0 Å². The third-order valence-corrected chi connectivity index (χ3v) is 3.81. The third kappa shape index (κ3) is 3.42. The number of hydrogen-bond acceptors (Lipinski definition) is 4. The average molecular weight is 242 g/mol. The molecule has 1 heterocycles. The maximum absolute atomic E-state index is 11.9. The van der Waals surface area contributed by atoms with Crippen LogP contribution in [0.15, 0.2) is 0 Å². The minimum atomic E-state index is -0.590. The first-order chi connectivity index (χ1) is 7.92. The van der Waals surface area contributed by atoms with Crippen LogP contribution in [0.2, 0.25) is 0 Å². The van der Waals surface area contributed by atoms with E-state index in [4.69, 9.17) is 4.74 Å². The smallest absolute Gasteiger partial charge is 0.327 e. The fourth-order valence-corrected chi connectivity index (χ4v) is 2.63. The maximum atomic E-state index is 11.9. The van der Waals surface area contributed by atoms with Crippen molar-refractivity contribution in [3.05, 3.63) is 0 Å². The summed E-state index contributed by atoms with van der Waals surface area (Å²) < 4.78 is 4.90. The van der Waals surface area contributed by atoms with Crippen molar-refractivity contribution >= 4 is 5.97 Å². The van der Waals surface area contributed by atoms with Gasteiger partial charge in [0.05, 0.1) is 7.11 Å². The Bertz CT molecular complexity index is 260. The van der Waals surface area contributed by atoms with Crippen LogP contribution in [-0.2, 0) is 9.53 Å². The van der Waals surface area contributed by atoms with Crippen LogP contribution >= 0.6 is 0 Å². The van der Waals surface area contributed by atoms with Crippen molar-refractivity contribution in [2.45, 2.75) is 33.2 Å². The van der Waals surface area contributed by atoms with Gasteiger partial charge in [-0.25, -0.2) is 0 Å². The normalized spacial score (nSPS) is 29.0. The average Bonchev–Trinajstić information content (AvgIpc) is 2.56. The molecular weight excluding hydrogens is 216 g/mol. The lowest BCUT2D eigenvalue weighted by atomic mass is 10.0. The number of nitrogens with zero attached hydrogens (tertiary/aromatic N) is 1. The van der Waals surface area contributed by atoms with Gasteiger partial charge >= 0.3 is 5.97 Å². The highest BCUT2D eigenvalue weighted by atomic mass is 16.5. The molecule has 1 saturated heterocycles. The van der Waals surface area contributed by atoms with Gasteiger partial charge < -0.3 is 15.0 Å². The standard InChI is InChI=1S/C13H26N2O2/c1-6-14-13(4,12(16)17-5)9-15-7-10(2)11(3)8-15/h10-11,14H,6-9H2,1-5H3. The van der Waals surface area contributed by atoms with Crippen molar-refractivity contribution in [2.75, 3.05) is 33.3 Å². The van der Waals surface area contributed by atoms with Crippen LogP contribution in [0.1, 0.15) is 27.7 Å². The monoisotopic (exact) mass is 242 g/mol. The molecule has 0 aromatic heterocycles. The molecular formula is C13H26N2O2. The van der Waals surface area contributed by atoms with E-state index in [1.54, 1.807) is 0 Å². The summed E-state index contributed by atoms with van der Waals surface area (Å²) in [6.45, 7) is 12.1. The zero-order chi connectivity index (χ0) is 13.1. The maximum Gasteiger partial charge on any atom is 0.327 e. The van der Waals surface area contributed by atoms with Crippen LogP contribution in [0.5, 0.6) is 0 Å². The molecule has 1 aliphatic rings. The molecule has 100 valence electrons. The molecule has 0 aromatic carbocycles. The number of esters is 1. The Morgan fingerprint density at radius 3 is 2.35 bits per heavy atom. The number of methoxy groups -OCH3 is 1. The second-order valence-electron chi connectivity index (χ2n) is 5.50. The van der Waals surface area contributed by atoms with E-state index in [0.717, 1.165) is 26.2 Å². The Kier molecular flexibility index (Phi) is 4.95. The first-order valence-electron chi connectivity index (χ1n) is 6.48. The molecule has 0 aromatic rings. The van der Waals surface area contributed by atoms with E-state index in [0.29, 0.717) is 11.8 Å². The number of likely N-dealkylation sites (N-methyl/N-ethyl adjacent to an activating group) is 1. The molecule has 17 heavy (non-hydrogen) atoms. The largest absolute Gasteiger partial charge is 0.468 e. The molecule has 1 N–H and O–H groups in total. The molecule has 0 saturated carbocycles. The lowest BCUT2D eigenvalue weighted by Crippen LogP contribution is -2.57. The molecule has 4 heteroatoms. The van der Waals surface area contributed by atoms with Gasteiger partial charge in [-0.15, -0.1) is 0 Å². The number of hydrogen-bond donors (Lipinski definition) is 1. The minimum Gasteiger partial charge on any atom is -0.468 e. The summed E-state index contributed by atoms with van der Waals surface area (Å²) in [6.07, 6.45) is 0. The Morgan fingerprint density at radius 1 is 1.41 bits per heavy atom. The molecule has 3 atom stereocenters. The molecule has 0 aliphatic carbocycles. The van der Waals surface area contributed by atoms with Crippen LogP contribution in [-0.4, -0.2) is 49.7 Å². The van der Waals surface area contributed by atoms with Gasteiger partial charge in [0.2, 0.25) is 0 Å². The fourth-order valence-electron chi connectivity index (χ4n) is 2.63. The highest BCUT2D eigenvalue weighted by Crippen LogP contribution is 2.24. The van der Waals surface area contributed by atoms with Gasteiger partial charge in [0.25, 0.3) is 0 Å². The van der Waals surface area contributed by atoms with E-state index in [9.17, 15) is 4.79 Å². The summed E-state index contributed by atoms with van der Waals surface area (Å²) in [4.78, 5) is 14.2. The molecule has 0 spiro atoms. The third-order valence-electron chi connectivity index (χ3n) is 3.81. The van der Waals surface area contributed by atoms with Crippen LogP contribution in [0.25, 0.3) is 0 Å². The number of carbonyl (C=O) groups excluding carboxylic acids is 1. The SMILES string of the molecule is CCNC(C)(CN1CC(C)C(C)C1)C(=O)OC. The summed E-state index contributed by atoms with van der Waals surface area (Å²) in [5.41, 5.74) is -0.590. The first kappa shape index (κ1) is 14.5. The summed E-state index contributed by atoms with van der Waals surface area (Å²) in [5, 5.41) is 3.25. The molecule has 1 fully saturated rings. The number of ether oxygens (including phenoxy) is 1. The first-order valence-corrected chi connectivity index (χ1v) is 6.48. The molecule has 0 bridgehead atoms. The highest BCUT2D eigenvalue weighted by Gasteiger charge is 2.38. The molecule has 3 unspecified atom stereocenters. The van der Waals surface area contributed by atoms with Crippen LogP contribution in [0, 0.1) is 11.8 Å². The zero-order valence-electron chi connectivity index (χ0n) is 11.7. The molecule has 0 amide bonds. The van der Waals surface area contributed by atoms with Gasteiger partial charge in [-0.1, -0.05) is 20.8 Å². The lowest BCUT2D eigenvalue weighted by Gasteiger charge is -2.32. The summed E-state index contributed by atoms with van der Waals surface area (Å²) >= 11 is 0. The number of carbonyl (C=O) groups is 1. The van der Waals surface area contributed by atoms with Gasteiger partial charge in [0, 0.05) is 19.6 Å². The van der Waals surface area contributed by atoms with Gasteiger partial charge in [0.15, 0.2) is 0 Å². The molecule has 1 rings (SSSR count). The summed E-state index contributed by atoms with van der Waals surface area (Å²) in [6, 6.07) is 0. The molecule has 1 aliphatic heterocycles. The van der Waals surface area contributed by atoms with E-state index in [-0.39, 0.29) is 5.97 Å². The van der Waals surface area contributed by atoms with Crippen LogP contribution in [0.4, 0.5) is 0 Å². The van der Waals surface area contributed by atoms with E-state index in [1.807, 2.05) is 13.8 Å². The second kappa shape index (κ2) is 5.83. The van der Waals surface area contributed by atoms with Crippen molar-refractivity contribution in [3.63, 3.8) is 0 Å². The predicted molar refractivity (Wildman–Crippen MR) is 68.9 cm³/mol. The second-order valence-corrected chi connectivity index (χ2v) is 5.50. The minimum absolute atomic E-state index is 0.174. The number of likely N-dealkylation sites (tertiary alicyclic amines) is 1. The summed E-state index contributed by atoms with van der Waals surface area (Å²) in [5.74, 6) is 1.24. The van der Waals surface area contributed by atoms with Gasteiger partial charge in [0.1, 0.15) is 5.54 Å². The Labute approximate surface area is 105 Å². The number of nitrogens with one attached hydrogen (secondary N) is 1. The highest BCUT2D eigenvalue weighted by molar-refractivity contribution is 5.80. The summed E-state index contributed by atoms with van der Waals surface area (Å²) in [7, 11) is 1.45. The topological polar surface area (TPSA) is 41.6 Å². The van der Waals surface area contributed by atoms with E-state index in [1.165, 1.54) is 7.11 Å². The van der Waals surface area contributed by atoms with Crippen molar-refractivity contribution in [1.29, 1.82) is 0 Å². The van der Waals surface area contributed by atoms with E-state index < -0.39 is 5.54 Å². The van der Waals surface area contributed by atoms with Gasteiger partial charge in [-0.05, 0) is 25.3 Å². The van der Waals surface area contributed by atoms with Crippen molar-refractivity contribution in [2.24, 2.45) is 11.8 Å². The van der Waals surface area contributed by atoms with Crippen LogP contribution in [0.3, 0.4) is 0 Å². The Hall–Kier alpha value is -0.610. The van der Waals surface area contributed by atoms with E-state index in [2.05, 4.69) is 24.1 Å². The lowest BCUT2D eigenvalue weighted by molar-refractivity contribution is -0.148. The fraction of sp³-hybridized carbons (Fsp3) is 0.923. The van der Waals surface area contributed by atoms with Crippen molar-refractivity contribution in [1.82, 2.24) is 10.2 Å². The quantitative estimate of drug-likeness (QED) is 0.734. The van der Waals surface area contributed by atoms with Crippen molar-refractivity contribution in [3.8, 4) is 0 Å². The Balaban J connectivity index is 2.64. The molecule has 0 radical (unpaired) electrons. The van der Waals surface area contributed by atoms with Crippen molar-refractivity contribution < 1.29 is 9.53 Å². The van der Waals surface area contributed by atoms with Gasteiger partial charge in [-0.3, -0.25) is 4.79 Å². The molecule has 4 nitrogen and oxygen atoms in total. The zero-order valence-corrected chi connectivity index (χ0v) is 11.7.